The molecule has 1 aromatic rings. The average Bonchev–Trinajstić information content (AvgIpc) is 2.29. The molecule has 0 aliphatic rings. The summed E-state index contributed by atoms with van der Waals surface area (Å²) >= 11 is 3.21. The van der Waals surface area contributed by atoms with Gasteiger partial charge >= 0.3 is 0 Å². The van der Waals surface area contributed by atoms with E-state index in [1.54, 1.807) is 0 Å². The van der Waals surface area contributed by atoms with Gasteiger partial charge in [0.15, 0.2) is 5.82 Å². The monoisotopic (exact) mass is 290 g/mol. The number of pyridine rings is 1. The van der Waals surface area contributed by atoms with Crippen molar-refractivity contribution in [3.05, 3.63) is 29.8 Å². The van der Waals surface area contributed by atoms with Crippen molar-refractivity contribution in [2.45, 2.75) is 0 Å². The molecular weight excluding hydrogens is 279 g/mol. The van der Waals surface area contributed by atoms with Crippen LogP contribution in [0.25, 0.3) is 0 Å². The van der Waals surface area contributed by atoms with E-state index in [9.17, 15) is 9.18 Å². The van der Waals surface area contributed by atoms with E-state index in [1.165, 1.54) is 12.3 Å². The molecule has 0 bridgehead atoms. The number of hydrogen-bond donors (Lipinski definition) is 1. The summed E-state index contributed by atoms with van der Waals surface area (Å²) in [6, 6.07) is 1.34. The minimum absolute atomic E-state index is 0.00417. The molecule has 1 amide bonds. The highest BCUT2D eigenvalue weighted by atomic mass is 79.9. The zero-order valence-electron chi connectivity index (χ0n) is 8.58. The zero-order valence-corrected chi connectivity index (χ0v) is 10.2. The normalized spacial score (nSPS) is 10.1. The summed E-state index contributed by atoms with van der Waals surface area (Å²) in [4.78, 5) is 15.0. The predicted molar refractivity (Wildman–Crippen MR) is 61.1 cm³/mol. The Kier molecular flexibility index (Phi) is 5.95. The molecule has 16 heavy (non-hydrogen) atoms. The number of hydrogen-bond acceptors (Lipinski definition) is 3. The van der Waals surface area contributed by atoms with Crippen molar-refractivity contribution in [3.8, 4) is 0 Å². The zero-order chi connectivity index (χ0) is 11.8. The number of nitrogens with zero attached hydrogens (tertiary/aromatic N) is 1. The first-order valence-electron chi connectivity index (χ1n) is 4.77. The van der Waals surface area contributed by atoms with E-state index in [-0.39, 0.29) is 5.56 Å². The SMILES string of the molecule is O=C(NCCOCCBr)c1ccncc1F. The number of alkyl halides is 1. The molecule has 1 aromatic heterocycles. The maximum absolute atomic E-state index is 13.1. The van der Waals surface area contributed by atoms with Gasteiger partial charge in [-0.2, -0.15) is 0 Å². The van der Waals surface area contributed by atoms with Crippen LogP contribution < -0.4 is 5.32 Å². The van der Waals surface area contributed by atoms with Gasteiger partial charge in [-0.05, 0) is 6.07 Å². The first kappa shape index (κ1) is 13.1. The third-order valence-electron chi connectivity index (χ3n) is 1.77. The molecular formula is C10H12BrFN2O2. The third-order valence-corrected chi connectivity index (χ3v) is 2.09. The molecule has 0 aliphatic carbocycles. The molecule has 4 nitrogen and oxygen atoms in total. The molecule has 0 spiro atoms. The predicted octanol–water partition coefficient (Wildman–Crippen LogP) is 1.36. The number of nitrogens with one attached hydrogen (secondary N) is 1. The highest BCUT2D eigenvalue weighted by molar-refractivity contribution is 9.09. The lowest BCUT2D eigenvalue weighted by Crippen LogP contribution is -2.28. The molecule has 0 saturated heterocycles. The minimum Gasteiger partial charge on any atom is -0.379 e. The Morgan fingerprint density at radius 2 is 2.38 bits per heavy atom. The number of carbonyl (C=O) groups is 1. The first-order valence-corrected chi connectivity index (χ1v) is 5.89. The van der Waals surface area contributed by atoms with E-state index in [4.69, 9.17) is 4.74 Å². The van der Waals surface area contributed by atoms with Crippen LogP contribution in [0.15, 0.2) is 18.5 Å². The fraction of sp³-hybridized carbons (Fsp3) is 0.400. The maximum Gasteiger partial charge on any atom is 0.254 e. The maximum atomic E-state index is 13.1. The Hall–Kier alpha value is -1.01. The van der Waals surface area contributed by atoms with Crippen LogP contribution in [0.2, 0.25) is 0 Å². The quantitative estimate of drug-likeness (QED) is 0.636. The topological polar surface area (TPSA) is 51.2 Å². The van der Waals surface area contributed by atoms with E-state index in [1.807, 2.05) is 0 Å². The molecule has 0 aliphatic heterocycles. The number of halogens is 2. The van der Waals surface area contributed by atoms with E-state index < -0.39 is 11.7 Å². The Morgan fingerprint density at radius 3 is 3.06 bits per heavy atom. The second kappa shape index (κ2) is 7.29. The van der Waals surface area contributed by atoms with Gasteiger partial charge in [-0.3, -0.25) is 9.78 Å². The van der Waals surface area contributed by atoms with Gasteiger partial charge in [0.05, 0.1) is 25.0 Å². The molecule has 0 saturated carbocycles. The Labute approximate surface area is 101 Å². The molecule has 1 rings (SSSR count). The summed E-state index contributed by atoms with van der Waals surface area (Å²) in [7, 11) is 0. The van der Waals surface area contributed by atoms with Crippen LogP contribution >= 0.6 is 15.9 Å². The lowest BCUT2D eigenvalue weighted by Gasteiger charge is -2.05. The van der Waals surface area contributed by atoms with Crippen molar-refractivity contribution in [1.29, 1.82) is 0 Å². The Bertz CT molecular complexity index is 349. The van der Waals surface area contributed by atoms with Crippen molar-refractivity contribution in [2.24, 2.45) is 0 Å². The summed E-state index contributed by atoms with van der Waals surface area (Å²) in [5.41, 5.74) is -0.00417. The number of ether oxygens (including phenoxy) is 1. The summed E-state index contributed by atoms with van der Waals surface area (Å²) in [6.45, 7) is 1.34. The van der Waals surface area contributed by atoms with Crippen LogP contribution in [0, 0.1) is 5.82 Å². The fourth-order valence-electron chi connectivity index (χ4n) is 1.05. The summed E-state index contributed by atoms with van der Waals surface area (Å²) in [5, 5.41) is 3.30. The molecule has 1 N–H and O–H groups in total. The number of rotatable bonds is 6. The molecule has 0 unspecified atom stereocenters. The largest absolute Gasteiger partial charge is 0.379 e. The van der Waals surface area contributed by atoms with Crippen LogP contribution in [0.5, 0.6) is 0 Å². The van der Waals surface area contributed by atoms with E-state index >= 15 is 0 Å². The van der Waals surface area contributed by atoms with E-state index in [0.717, 1.165) is 11.5 Å². The van der Waals surface area contributed by atoms with E-state index in [2.05, 4.69) is 26.2 Å². The Morgan fingerprint density at radius 1 is 1.56 bits per heavy atom. The molecule has 1 heterocycles. The lowest BCUT2D eigenvalue weighted by molar-refractivity contribution is 0.0920. The number of aromatic nitrogens is 1. The smallest absolute Gasteiger partial charge is 0.254 e. The van der Waals surface area contributed by atoms with Crippen LogP contribution in [-0.4, -0.2) is 36.0 Å². The van der Waals surface area contributed by atoms with Crippen molar-refractivity contribution in [1.82, 2.24) is 10.3 Å². The van der Waals surface area contributed by atoms with Crippen LogP contribution in [-0.2, 0) is 4.74 Å². The minimum atomic E-state index is -0.624. The van der Waals surface area contributed by atoms with Crippen LogP contribution in [0.3, 0.4) is 0 Å². The van der Waals surface area contributed by atoms with Crippen molar-refractivity contribution < 1.29 is 13.9 Å². The number of amides is 1. The van der Waals surface area contributed by atoms with Crippen molar-refractivity contribution >= 4 is 21.8 Å². The lowest BCUT2D eigenvalue weighted by atomic mass is 10.2. The highest BCUT2D eigenvalue weighted by Crippen LogP contribution is 2.03. The fourth-order valence-corrected chi connectivity index (χ4v) is 1.28. The summed E-state index contributed by atoms with van der Waals surface area (Å²) in [6.07, 6.45) is 2.38. The van der Waals surface area contributed by atoms with Gasteiger partial charge in [-0.1, -0.05) is 15.9 Å². The molecule has 0 atom stereocenters. The van der Waals surface area contributed by atoms with Crippen LogP contribution in [0.4, 0.5) is 4.39 Å². The van der Waals surface area contributed by atoms with Gasteiger partial charge < -0.3 is 10.1 Å². The molecule has 6 heteroatoms. The van der Waals surface area contributed by atoms with Gasteiger partial charge in [-0.15, -0.1) is 0 Å². The number of carbonyl (C=O) groups excluding carboxylic acids is 1. The van der Waals surface area contributed by atoms with Gasteiger partial charge in [0.25, 0.3) is 5.91 Å². The third kappa shape index (κ3) is 4.24. The molecule has 0 radical (unpaired) electrons. The summed E-state index contributed by atoms with van der Waals surface area (Å²) in [5.74, 6) is -1.08. The average molecular weight is 291 g/mol. The van der Waals surface area contributed by atoms with Gasteiger partial charge in [0, 0.05) is 18.1 Å². The standard InChI is InChI=1S/C10H12BrFN2O2/c11-2-5-16-6-4-14-10(15)8-1-3-13-7-9(8)12/h1,3,7H,2,4-6H2,(H,14,15). The molecule has 0 fully saturated rings. The Balaban J connectivity index is 2.33. The summed E-state index contributed by atoms with van der Waals surface area (Å²) < 4.78 is 18.2. The second-order valence-corrected chi connectivity index (χ2v) is 3.71. The van der Waals surface area contributed by atoms with Gasteiger partial charge in [0.2, 0.25) is 0 Å². The first-order chi connectivity index (χ1) is 7.75. The second-order valence-electron chi connectivity index (χ2n) is 2.91. The highest BCUT2D eigenvalue weighted by Gasteiger charge is 2.09. The van der Waals surface area contributed by atoms with Gasteiger partial charge in [0.1, 0.15) is 0 Å². The van der Waals surface area contributed by atoms with Crippen molar-refractivity contribution in [2.75, 3.05) is 25.1 Å². The molecule has 0 aromatic carbocycles. The van der Waals surface area contributed by atoms with E-state index in [0.29, 0.717) is 19.8 Å². The van der Waals surface area contributed by atoms with Crippen LogP contribution in [0.1, 0.15) is 10.4 Å². The molecule has 88 valence electrons. The van der Waals surface area contributed by atoms with Gasteiger partial charge in [-0.25, -0.2) is 4.39 Å². The van der Waals surface area contributed by atoms with Crippen molar-refractivity contribution in [3.63, 3.8) is 0 Å².